The molecule has 0 saturated heterocycles. The van der Waals surface area contributed by atoms with E-state index in [9.17, 15) is 14.9 Å². The number of nitrogens with one attached hydrogen (secondary N) is 3. The molecule has 2 rings (SSSR count). The first-order chi connectivity index (χ1) is 14.5. The van der Waals surface area contributed by atoms with Gasteiger partial charge in [-0.2, -0.15) is 0 Å². The summed E-state index contributed by atoms with van der Waals surface area (Å²) in [5, 5.41) is 18.8. The van der Waals surface area contributed by atoms with E-state index in [4.69, 9.17) is 56.5 Å². The van der Waals surface area contributed by atoms with Crippen LogP contribution in [0, 0.1) is 10.1 Å². The smallest absolute Gasteiger partial charge is 0.271 e. The second-order valence-corrected chi connectivity index (χ2v) is 8.70. The molecule has 0 fully saturated rings. The monoisotopic (exact) mass is 506 g/mol. The number of hydrogen-bond donors (Lipinski definition) is 3. The van der Waals surface area contributed by atoms with Crippen molar-refractivity contribution in [2.45, 2.75) is 9.96 Å². The summed E-state index contributed by atoms with van der Waals surface area (Å²) in [7, 11) is 2.90. The third kappa shape index (κ3) is 7.00. The Hall–Kier alpha value is -2.53. The lowest BCUT2D eigenvalue weighted by Crippen LogP contribution is -2.56. The zero-order valence-corrected chi connectivity index (χ0v) is 19.2. The maximum Gasteiger partial charge on any atom is 0.271 e. The molecule has 0 aliphatic rings. The number of rotatable bonds is 7. The largest absolute Gasteiger partial charge is 0.493 e. The Bertz CT molecular complexity index is 987. The number of non-ortho nitro benzene ring substituents is 1. The second-order valence-electron chi connectivity index (χ2n) is 5.92. The number of nitrogens with zero attached hydrogens (tertiary/aromatic N) is 1. The highest BCUT2D eigenvalue weighted by Gasteiger charge is 2.35. The summed E-state index contributed by atoms with van der Waals surface area (Å²) in [6.45, 7) is 0. The van der Waals surface area contributed by atoms with Crippen molar-refractivity contribution in [2.24, 2.45) is 0 Å². The van der Waals surface area contributed by atoms with Crippen LogP contribution >= 0.6 is 47.0 Å². The van der Waals surface area contributed by atoms with E-state index in [1.807, 2.05) is 0 Å². The predicted octanol–water partition coefficient (Wildman–Crippen LogP) is 4.02. The molecule has 0 spiro atoms. The molecule has 1 amide bonds. The van der Waals surface area contributed by atoms with Crippen LogP contribution in [0.4, 0.5) is 11.4 Å². The van der Waals surface area contributed by atoms with Crippen LogP contribution in [0.25, 0.3) is 0 Å². The summed E-state index contributed by atoms with van der Waals surface area (Å²) in [5.41, 5.74) is 0.421. The van der Waals surface area contributed by atoms with Crippen molar-refractivity contribution in [1.82, 2.24) is 10.6 Å². The van der Waals surface area contributed by atoms with Gasteiger partial charge in [0.25, 0.3) is 11.6 Å². The fourth-order valence-corrected chi connectivity index (χ4v) is 2.95. The Morgan fingerprint density at radius 2 is 1.77 bits per heavy atom. The van der Waals surface area contributed by atoms with E-state index in [1.165, 1.54) is 44.6 Å². The van der Waals surface area contributed by atoms with Gasteiger partial charge in [0.2, 0.25) is 3.79 Å². The molecule has 2 aromatic carbocycles. The highest BCUT2D eigenvalue weighted by atomic mass is 35.6. The van der Waals surface area contributed by atoms with Crippen LogP contribution in [0.3, 0.4) is 0 Å². The number of anilines is 1. The van der Waals surface area contributed by atoms with Crippen LogP contribution < -0.4 is 25.4 Å². The number of carbonyl (C=O) groups excluding carboxylic acids is 1. The third-order valence-electron chi connectivity index (χ3n) is 3.84. The minimum atomic E-state index is -1.99. The van der Waals surface area contributed by atoms with Crippen molar-refractivity contribution < 1.29 is 19.2 Å². The van der Waals surface area contributed by atoms with Crippen LogP contribution in [0.5, 0.6) is 11.5 Å². The third-order valence-corrected chi connectivity index (χ3v) is 4.71. The molecule has 0 unspecified atom stereocenters. The van der Waals surface area contributed by atoms with Gasteiger partial charge in [-0.3, -0.25) is 14.9 Å². The molecule has 2 aromatic rings. The number of alkyl halides is 3. The van der Waals surface area contributed by atoms with Crippen molar-refractivity contribution in [3.63, 3.8) is 0 Å². The minimum absolute atomic E-state index is 0.0376. The molecular formula is C18H17Cl3N4O5S. The summed E-state index contributed by atoms with van der Waals surface area (Å²) in [4.78, 5) is 23.0. The summed E-state index contributed by atoms with van der Waals surface area (Å²) < 4.78 is 8.33. The Balaban J connectivity index is 2.13. The fourth-order valence-electron chi connectivity index (χ4n) is 2.39. The van der Waals surface area contributed by atoms with Gasteiger partial charge in [-0.1, -0.05) is 40.9 Å². The molecule has 0 radical (unpaired) electrons. The lowest BCUT2D eigenvalue weighted by Gasteiger charge is -2.28. The zero-order valence-electron chi connectivity index (χ0n) is 16.1. The minimum Gasteiger partial charge on any atom is -0.493 e. The normalized spacial score (nSPS) is 11.8. The molecule has 3 N–H and O–H groups in total. The summed E-state index contributed by atoms with van der Waals surface area (Å²) in [6, 6.07) is 10.2. The number of amides is 1. The highest BCUT2D eigenvalue weighted by molar-refractivity contribution is 7.80. The van der Waals surface area contributed by atoms with Gasteiger partial charge in [0.05, 0.1) is 19.1 Å². The number of hydrogen-bond acceptors (Lipinski definition) is 6. The number of nitro benzene ring substituents is 1. The topological polar surface area (TPSA) is 115 Å². The second kappa shape index (κ2) is 10.7. The first-order valence-corrected chi connectivity index (χ1v) is 10.0. The molecule has 0 aliphatic heterocycles. The zero-order chi connectivity index (χ0) is 23.2. The summed E-state index contributed by atoms with van der Waals surface area (Å²) >= 11 is 23.1. The molecular weight excluding hydrogens is 491 g/mol. The van der Waals surface area contributed by atoms with Crippen LogP contribution in [-0.4, -0.2) is 40.1 Å². The Kier molecular flexibility index (Phi) is 8.52. The number of benzene rings is 2. The molecule has 0 aromatic heterocycles. The number of halogens is 3. The molecule has 0 saturated carbocycles. The van der Waals surface area contributed by atoms with Crippen molar-refractivity contribution >= 4 is 69.4 Å². The predicted molar refractivity (Wildman–Crippen MR) is 124 cm³/mol. The molecule has 0 heterocycles. The van der Waals surface area contributed by atoms with Gasteiger partial charge in [-0.15, -0.1) is 0 Å². The summed E-state index contributed by atoms with van der Waals surface area (Å²) in [6.07, 6.45) is -1.24. The van der Waals surface area contributed by atoms with Gasteiger partial charge in [0, 0.05) is 23.4 Å². The van der Waals surface area contributed by atoms with Crippen LogP contribution in [0.15, 0.2) is 42.5 Å². The van der Waals surface area contributed by atoms with E-state index in [0.717, 1.165) is 0 Å². The van der Waals surface area contributed by atoms with E-state index in [1.54, 1.807) is 12.1 Å². The van der Waals surface area contributed by atoms with Crippen LogP contribution in [-0.2, 0) is 0 Å². The molecule has 166 valence electrons. The number of methoxy groups -OCH3 is 2. The average Bonchev–Trinajstić information content (AvgIpc) is 2.72. The first kappa shape index (κ1) is 24.7. The lowest BCUT2D eigenvalue weighted by molar-refractivity contribution is -0.384. The maximum absolute atomic E-state index is 12.7. The number of nitro groups is 1. The van der Waals surface area contributed by atoms with Gasteiger partial charge in [-0.25, -0.2) is 0 Å². The van der Waals surface area contributed by atoms with Crippen LogP contribution in [0.2, 0.25) is 0 Å². The number of ether oxygens (including phenoxy) is 2. The van der Waals surface area contributed by atoms with E-state index in [2.05, 4.69) is 16.0 Å². The molecule has 1 atom stereocenters. The molecule has 9 nitrogen and oxygen atoms in total. The highest BCUT2D eigenvalue weighted by Crippen LogP contribution is 2.30. The Morgan fingerprint density at radius 1 is 1.10 bits per heavy atom. The van der Waals surface area contributed by atoms with E-state index < -0.39 is 20.8 Å². The SMILES string of the molecule is COc1ccc(C(=O)N[C@@H](NC(=S)Nc2cccc([N+](=O)[O-])c2)C(Cl)(Cl)Cl)cc1OC. The molecule has 13 heteroatoms. The Morgan fingerprint density at radius 3 is 2.35 bits per heavy atom. The standard InChI is InChI=1S/C18H17Cl3N4O5S/c1-29-13-7-6-10(8-14(13)30-2)15(26)23-16(18(19,20)21)24-17(31)22-11-4-3-5-12(9-11)25(27)28/h3-9,16H,1-2H3,(H,23,26)(H2,22,24,31)/t16-/m0/s1. The van der Waals surface area contributed by atoms with Crippen molar-refractivity contribution in [1.29, 1.82) is 0 Å². The molecule has 0 bridgehead atoms. The van der Waals surface area contributed by atoms with Crippen molar-refractivity contribution in [2.75, 3.05) is 19.5 Å². The number of carbonyl (C=O) groups is 1. The quantitative estimate of drug-likeness (QED) is 0.169. The van der Waals surface area contributed by atoms with E-state index >= 15 is 0 Å². The summed E-state index contributed by atoms with van der Waals surface area (Å²) in [5.74, 6) is 0.205. The first-order valence-electron chi connectivity index (χ1n) is 8.46. The van der Waals surface area contributed by atoms with Gasteiger partial charge in [-0.05, 0) is 36.5 Å². The van der Waals surface area contributed by atoms with Crippen LogP contribution in [0.1, 0.15) is 10.4 Å². The van der Waals surface area contributed by atoms with Gasteiger partial charge in [0.1, 0.15) is 6.17 Å². The van der Waals surface area contributed by atoms with Gasteiger partial charge in [0.15, 0.2) is 16.6 Å². The lowest BCUT2D eigenvalue weighted by atomic mass is 10.2. The molecule has 31 heavy (non-hydrogen) atoms. The average molecular weight is 508 g/mol. The maximum atomic E-state index is 12.7. The fraction of sp³-hybridized carbons (Fsp3) is 0.222. The molecule has 0 aliphatic carbocycles. The van der Waals surface area contributed by atoms with Gasteiger partial charge >= 0.3 is 0 Å². The van der Waals surface area contributed by atoms with E-state index in [0.29, 0.717) is 17.2 Å². The number of thiocarbonyl (C=S) groups is 1. The van der Waals surface area contributed by atoms with E-state index in [-0.39, 0.29) is 16.4 Å². The van der Waals surface area contributed by atoms with Crippen molar-refractivity contribution in [3.05, 3.63) is 58.1 Å². The van der Waals surface area contributed by atoms with Gasteiger partial charge < -0.3 is 25.4 Å². The Labute approximate surface area is 198 Å². The van der Waals surface area contributed by atoms with Crippen molar-refractivity contribution in [3.8, 4) is 11.5 Å².